The lowest BCUT2D eigenvalue weighted by Gasteiger charge is -2.10. The number of carbonyl (C=O) groups is 1. The third-order valence-electron chi connectivity index (χ3n) is 3.79. The molecule has 0 aliphatic rings. The molecule has 0 unspecified atom stereocenters. The number of amides is 1. The lowest BCUT2D eigenvalue weighted by atomic mass is 10.2. The fraction of sp³-hybridized carbons (Fsp3) is 0.111. The Kier molecular flexibility index (Phi) is 5.06. The molecular formula is C18H17FN4O3S. The molecular weight excluding hydrogens is 371 g/mol. The third kappa shape index (κ3) is 4.04. The standard InChI is InChI=1S/C18H17FN4O3S/c1-12-10-13(2)23(21-12)15-7-5-6-14(11-15)18(24)20-22-27(25,26)17-9-4-3-8-16(17)19/h3-11,22H,1-2H3,(H,20,24). The molecule has 3 rings (SSSR count). The van der Waals surface area contributed by atoms with Crippen molar-refractivity contribution in [1.82, 2.24) is 20.0 Å². The number of carbonyl (C=O) groups excluding carboxylic acids is 1. The number of aryl methyl sites for hydroxylation is 2. The maximum Gasteiger partial charge on any atom is 0.266 e. The molecule has 9 heteroatoms. The molecule has 1 amide bonds. The zero-order valence-electron chi connectivity index (χ0n) is 14.6. The number of aromatic nitrogens is 2. The Balaban J connectivity index is 1.78. The van der Waals surface area contributed by atoms with Gasteiger partial charge in [0.15, 0.2) is 0 Å². The number of rotatable bonds is 5. The Labute approximate surface area is 155 Å². The molecule has 0 bridgehead atoms. The Morgan fingerprint density at radius 3 is 2.48 bits per heavy atom. The van der Waals surface area contributed by atoms with Gasteiger partial charge in [-0.05, 0) is 50.2 Å². The fourth-order valence-corrected chi connectivity index (χ4v) is 3.49. The topological polar surface area (TPSA) is 93.1 Å². The molecule has 3 aromatic rings. The molecule has 27 heavy (non-hydrogen) atoms. The first-order chi connectivity index (χ1) is 12.8. The first-order valence-corrected chi connectivity index (χ1v) is 9.46. The van der Waals surface area contributed by atoms with E-state index in [0.29, 0.717) is 5.69 Å². The quantitative estimate of drug-likeness (QED) is 0.656. The number of sulfonamides is 1. The Morgan fingerprint density at radius 2 is 1.81 bits per heavy atom. The predicted octanol–water partition coefficient (Wildman–Crippen LogP) is 2.25. The van der Waals surface area contributed by atoms with Crippen molar-refractivity contribution in [2.24, 2.45) is 0 Å². The van der Waals surface area contributed by atoms with Crippen molar-refractivity contribution in [2.75, 3.05) is 0 Å². The van der Waals surface area contributed by atoms with Gasteiger partial charge in [-0.25, -0.2) is 17.5 Å². The van der Waals surface area contributed by atoms with E-state index in [-0.39, 0.29) is 5.56 Å². The molecule has 0 saturated heterocycles. The van der Waals surface area contributed by atoms with Crippen molar-refractivity contribution in [3.63, 3.8) is 0 Å². The second-order valence-corrected chi connectivity index (χ2v) is 7.53. The SMILES string of the molecule is Cc1cc(C)n(-c2cccc(C(=O)NNS(=O)(=O)c3ccccc3F)c2)n1. The highest BCUT2D eigenvalue weighted by Crippen LogP contribution is 2.15. The minimum absolute atomic E-state index is 0.219. The van der Waals surface area contributed by atoms with Crippen molar-refractivity contribution in [1.29, 1.82) is 0 Å². The molecule has 2 N–H and O–H groups in total. The average molecular weight is 388 g/mol. The Hall–Kier alpha value is -3.04. The Morgan fingerprint density at radius 1 is 1.07 bits per heavy atom. The van der Waals surface area contributed by atoms with Crippen molar-refractivity contribution >= 4 is 15.9 Å². The zero-order chi connectivity index (χ0) is 19.6. The second-order valence-electron chi connectivity index (χ2n) is 5.88. The van der Waals surface area contributed by atoms with Crippen LogP contribution in [0.1, 0.15) is 21.7 Å². The van der Waals surface area contributed by atoms with Gasteiger partial charge >= 0.3 is 0 Å². The summed E-state index contributed by atoms with van der Waals surface area (Å²) < 4.78 is 39.6. The summed E-state index contributed by atoms with van der Waals surface area (Å²) in [5.41, 5.74) is 4.69. The number of hydrazine groups is 1. The van der Waals surface area contributed by atoms with E-state index in [4.69, 9.17) is 0 Å². The summed E-state index contributed by atoms with van der Waals surface area (Å²) >= 11 is 0. The summed E-state index contributed by atoms with van der Waals surface area (Å²) in [6.45, 7) is 3.74. The summed E-state index contributed by atoms with van der Waals surface area (Å²) in [5, 5.41) is 4.35. The molecule has 0 saturated carbocycles. The minimum atomic E-state index is -4.23. The smallest absolute Gasteiger partial charge is 0.266 e. The summed E-state index contributed by atoms with van der Waals surface area (Å²) in [5.74, 6) is -1.59. The van der Waals surface area contributed by atoms with Crippen LogP contribution in [0, 0.1) is 19.7 Å². The molecule has 0 spiro atoms. The van der Waals surface area contributed by atoms with Crippen LogP contribution in [0.2, 0.25) is 0 Å². The predicted molar refractivity (Wildman–Crippen MR) is 97.2 cm³/mol. The van der Waals surface area contributed by atoms with Crippen LogP contribution in [0.5, 0.6) is 0 Å². The van der Waals surface area contributed by atoms with Crippen molar-refractivity contribution in [2.45, 2.75) is 18.7 Å². The van der Waals surface area contributed by atoms with Gasteiger partial charge in [-0.2, -0.15) is 5.10 Å². The molecule has 2 aromatic carbocycles. The maximum absolute atomic E-state index is 13.7. The molecule has 0 aliphatic heterocycles. The molecule has 0 atom stereocenters. The lowest BCUT2D eigenvalue weighted by molar-refractivity contribution is 0.0945. The van der Waals surface area contributed by atoms with Gasteiger partial charge in [-0.15, -0.1) is 4.83 Å². The highest BCUT2D eigenvalue weighted by Gasteiger charge is 2.19. The molecule has 0 radical (unpaired) electrons. The molecule has 1 heterocycles. The molecule has 7 nitrogen and oxygen atoms in total. The van der Waals surface area contributed by atoms with Crippen LogP contribution >= 0.6 is 0 Å². The van der Waals surface area contributed by atoms with Gasteiger partial charge in [0.1, 0.15) is 10.7 Å². The van der Waals surface area contributed by atoms with E-state index >= 15 is 0 Å². The summed E-state index contributed by atoms with van der Waals surface area (Å²) in [7, 11) is -4.23. The highest BCUT2D eigenvalue weighted by molar-refractivity contribution is 7.89. The van der Waals surface area contributed by atoms with Gasteiger partial charge in [0.2, 0.25) is 0 Å². The number of benzene rings is 2. The van der Waals surface area contributed by atoms with Gasteiger partial charge in [-0.1, -0.05) is 18.2 Å². The van der Waals surface area contributed by atoms with E-state index in [0.717, 1.165) is 23.5 Å². The van der Waals surface area contributed by atoms with Gasteiger partial charge in [0.05, 0.1) is 11.4 Å². The second kappa shape index (κ2) is 7.29. The summed E-state index contributed by atoms with van der Waals surface area (Å²) in [4.78, 5) is 13.7. The van der Waals surface area contributed by atoms with Crippen molar-refractivity contribution < 1.29 is 17.6 Å². The zero-order valence-corrected chi connectivity index (χ0v) is 15.4. The van der Waals surface area contributed by atoms with E-state index < -0.39 is 26.6 Å². The van der Waals surface area contributed by atoms with Crippen LogP contribution in [0.3, 0.4) is 0 Å². The van der Waals surface area contributed by atoms with E-state index in [1.54, 1.807) is 22.9 Å². The first kappa shape index (κ1) is 18.7. The maximum atomic E-state index is 13.7. The largest absolute Gasteiger partial charge is 0.273 e. The van der Waals surface area contributed by atoms with Crippen LogP contribution in [0.15, 0.2) is 59.5 Å². The van der Waals surface area contributed by atoms with Crippen LogP contribution < -0.4 is 10.3 Å². The van der Waals surface area contributed by atoms with Crippen LogP contribution in [-0.2, 0) is 10.0 Å². The van der Waals surface area contributed by atoms with Crippen molar-refractivity contribution in [3.8, 4) is 5.69 Å². The molecule has 1 aromatic heterocycles. The number of hydrogen-bond acceptors (Lipinski definition) is 4. The van der Waals surface area contributed by atoms with Gasteiger partial charge < -0.3 is 0 Å². The number of hydrogen-bond donors (Lipinski definition) is 2. The van der Waals surface area contributed by atoms with Crippen LogP contribution in [-0.4, -0.2) is 24.1 Å². The van der Waals surface area contributed by atoms with Crippen molar-refractivity contribution in [3.05, 3.63) is 77.4 Å². The lowest BCUT2D eigenvalue weighted by Crippen LogP contribution is -2.41. The van der Waals surface area contributed by atoms with Gasteiger partial charge in [0.25, 0.3) is 15.9 Å². The number of halogens is 1. The molecule has 140 valence electrons. The highest BCUT2D eigenvalue weighted by atomic mass is 32.2. The Bertz CT molecular complexity index is 1110. The average Bonchev–Trinajstić information content (AvgIpc) is 2.98. The molecule has 0 fully saturated rings. The minimum Gasteiger partial charge on any atom is -0.273 e. The van der Waals surface area contributed by atoms with E-state index in [1.807, 2.05) is 24.7 Å². The summed E-state index contributed by atoms with van der Waals surface area (Å²) in [6, 6.07) is 13.3. The van der Waals surface area contributed by atoms with Gasteiger partial charge in [0, 0.05) is 11.3 Å². The first-order valence-electron chi connectivity index (χ1n) is 7.98. The third-order valence-corrected chi connectivity index (χ3v) is 5.07. The van der Waals surface area contributed by atoms with E-state index in [2.05, 4.69) is 10.5 Å². The number of nitrogens with one attached hydrogen (secondary N) is 2. The number of nitrogens with zero attached hydrogens (tertiary/aromatic N) is 2. The monoisotopic (exact) mass is 388 g/mol. The van der Waals surface area contributed by atoms with Gasteiger partial charge in [-0.3, -0.25) is 10.2 Å². The van der Waals surface area contributed by atoms with Crippen LogP contribution in [0.4, 0.5) is 4.39 Å². The van der Waals surface area contributed by atoms with Crippen LogP contribution in [0.25, 0.3) is 5.69 Å². The van der Waals surface area contributed by atoms with E-state index in [9.17, 15) is 17.6 Å². The normalized spacial score (nSPS) is 11.4. The summed E-state index contributed by atoms with van der Waals surface area (Å²) in [6.07, 6.45) is 0. The molecule has 0 aliphatic carbocycles. The van der Waals surface area contributed by atoms with E-state index in [1.165, 1.54) is 18.2 Å². The fourth-order valence-electron chi connectivity index (χ4n) is 2.57.